The van der Waals surface area contributed by atoms with Gasteiger partial charge in [-0.3, -0.25) is 16.1 Å². The SMILES string of the molecule is CC1=CC[C@H](C(=O)N(c2[c-]sc(C#CC(C)(C)C)c2)C2CCC([O-])(COC3CCCC3)CC2)CC1.[CH3+].[CH3+]. The summed E-state index contributed by atoms with van der Waals surface area (Å²) in [7, 11) is 0. The van der Waals surface area contributed by atoms with Gasteiger partial charge < -0.3 is 14.7 Å². The second-order valence-corrected chi connectivity index (χ2v) is 12.8. The zero-order valence-electron chi connectivity index (χ0n) is 24.0. The maximum Gasteiger partial charge on any atom is 0.228 e. The van der Waals surface area contributed by atoms with E-state index in [4.69, 9.17) is 4.74 Å². The quantitative estimate of drug-likeness (QED) is 0.230. The molecule has 5 heteroatoms. The second kappa shape index (κ2) is 13.3. The summed E-state index contributed by atoms with van der Waals surface area (Å²) in [6, 6.07) is 2.06. The maximum atomic E-state index is 13.8. The highest BCUT2D eigenvalue weighted by Crippen LogP contribution is 2.37. The molecule has 1 atom stereocenters. The van der Waals surface area contributed by atoms with Crippen LogP contribution in [-0.4, -0.2) is 30.3 Å². The van der Waals surface area contributed by atoms with Crippen molar-refractivity contribution >= 4 is 22.9 Å². The van der Waals surface area contributed by atoms with Crippen LogP contribution in [0, 0.1) is 43.4 Å². The monoisotopic (exact) mass is 525 g/mol. The van der Waals surface area contributed by atoms with E-state index in [9.17, 15) is 9.90 Å². The molecule has 0 saturated heterocycles. The van der Waals surface area contributed by atoms with E-state index in [2.05, 4.69) is 51.0 Å². The topological polar surface area (TPSA) is 52.6 Å². The summed E-state index contributed by atoms with van der Waals surface area (Å²) >= 11 is 1.48. The van der Waals surface area contributed by atoms with Gasteiger partial charge >= 0.3 is 0 Å². The van der Waals surface area contributed by atoms with Crippen molar-refractivity contribution in [1.29, 1.82) is 0 Å². The Morgan fingerprint density at radius 2 is 1.86 bits per heavy atom. The summed E-state index contributed by atoms with van der Waals surface area (Å²) in [4.78, 5) is 16.8. The largest absolute Gasteiger partial charge is 0.848 e. The third-order valence-electron chi connectivity index (χ3n) is 7.69. The standard InChI is InChI=1S/C30H41NO3S.2CH3/c1-22-9-11-23(12-10-22)28(32)31(25-19-27(35-20-25)15-16-29(2,3)4)24-13-17-30(33,18-14-24)21-34-26-7-5-6-8-26;;/h9,19,23-24,26H,5-8,10-14,17-18,21H2,1-4H3;2*1H3/q-2;2*+1/t23-,24?,30?;;/m0../s1. The van der Waals surface area contributed by atoms with Crippen LogP contribution in [-0.2, 0) is 9.53 Å². The first-order valence-corrected chi connectivity index (χ1v) is 14.3. The molecule has 3 aliphatic carbocycles. The normalized spacial score (nSPS) is 26.2. The zero-order valence-corrected chi connectivity index (χ0v) is 24.8. The number of anilines is 1. The summed E-state index contributed by atoms with van der Waals surface area (Å²) in [6.07, 6.45) is 12.3. The first kappa shape index (κ1) is 31.3. The molecule has 0 aliphatic heterocycles. The Morgan fingerprint density at radius 3 is 2.46 bits per heavy atom. The first-order chi connectivity index (χ1) is 16.6. The summed E-state index contributed by atoms with van der Waals surface area (Å²) in [5, 5.41) is 16.8. The molecule has 0 radical (unpaired) electrons. The van der Waals surface area contributed by atoms with Gasteiger partial charge in [0.1, 0.15) is 0 Å². The van der Waals surface area contributed by atoms with Gasteiger partial charge in [0.2, 0.25) is 5.91 Å². The van der Waals surface area contributed by atoms with Gasteiger partial charge in [-0.15, -0.1) is 11.8 Å². The van der Waals surface area contributed by atoms with Crippen molar-refractivity contribution in [2.75, 3.05) is 11.5 Å². The number of rotatable bonds is 6. The average Bonchev–Trinajstić information content (AvgIpc) is 3.50. The van der Waals surface area contributed by atoms with Gasteiger partial charge in [-0.2, -0.15) is 6.07 Å². The van der Waals surface area contributed by atoms with Crippen molar-refractivity contribution in [3.8, 4) is 11.8 Å². The molecule has 1 aromatic rings. The minimum absolute atomic E-state index is 0. The van der Waals surface area contributed by atoms with E-state index in [0.717, 1.165) is 55.5 Å². The maximum absolute atomic E-state index is 13.8. The van der Waals surface area contributed by atoms with E-state index in [1.54, 1.807) is 0 Å². The molecular formula is C32H47NO3S. The van der Waals surface area contributed by atoms with Gasteiger partial charge in [-0.05, 0) is 72.6 Å². The fourth-order valence-electron chi connectivity index (χ4n) is 5.46. The molecule has 1 heterocycles. The van der Waals surface area contributed by atoms with Crippen LogP contribution < -0.4 is 10.0 Å². The third-order valence-corrected chi connectivity index (χ3v) is 8.45. The van der Waals surface area contributed by atoms with Crippen LogP contribution in [0.3, 0.4) is 0 Å². The van der Waals surface area contributed by atoms with Gasteiger partial charge in [0.25, 0.3) is 0 Å². The van der Waals surface area contributed by atoms with Gasteiger partial charge in [0, 0.05) is 38.8 Å². The van der Waals surface area contributed by atoms with Crippen molar-refractivity contribution in [3.05, 3.63) is 42.8 Å². The van der Waals surface area contributed by atoms with Crippen LogP contribution in [0.1, 0.15) is 103 Å². The van der Waals surface area contributed by atoms with Crippen molar-refractivity contribution in [2.24, 2.45) is 11.3 Å². The summed E-state index contributed by atoms with van der Waals surface area (Å²) in [5.74, 6) is 6.74. The van der Waals surface area contributed by atoms with Crippen LogP contribution in [0.15, 0.2) is 17.7 Å². The molecule has 0 bridgehead atoms. The second-order valence-electron chi connectivity index (χ2n) is 12.0. The summed E-state index contributed by atoms with van der Waals surface area (Å²) in [6.45, 7) is 8.75. The third kappa shape index (κ3) is 8.57. The molecule has 0 aromatic carbocycles. The number of carbonyl (C=O) groups is 1. The van der Waals surface area contributed by atoms with E-state index in [1.165, 1.54) is 29.8 Å². The zero-order chi connectivity index (χ0) is 25.1. The fourth-order valence-corrected chi connectivity index (χ4v) is 6.10. The number of ether oxygens (including phenoxy) is 1. The molecule has 0 spiro atoms. The van der Waals surface area contributed by atoms with E-state index in [1.807, 2.05) is 11.0 Å². The van der Waals surface area contributed by atoms with Crippen molar-refractivity contribution in [3.63, 3.8) is 0 Å². The predicted molar refractivity (Wildman–Crippen MR) is 154 cm³/mol. The molecule has 2 fully saturated rings. The highest BCUT2D eigenvalue weighted by molar-refractivity contribution is 7.10. The molecule has 4 rings (SSSR count). The molecule has 0 N–H and O–H groups in total. The molecule has 1 aromatic heterocycles. The van der Waals surface area contributed by atoms with Gasteiger partial charge in [-0.25, -0.2) is 0 Å². The highest BCUT2D eigenvalue weighted by Gasteiger charge is 2.35. The van der Waals surface area contributed by atoms with Crippen LogP contribution in [0.25, 0.3) is 0 Å². The van der Waals surface area contributed by atoms with Crippen molar-refractivity contribution in [1.82, 2.24) is 0 Å². The van der Waals surface area contributed by atoms with Crippen LogP contribution in [0.2, 0.25) is 0 Å². The molecule has 2 saturated carbocycles. The lowest BCUT2D eigenvalue weighted by molar-refractivity contribution is -0.493. The molecule has 1 amide bonds. The lowest BCUT2D eigenvalue weighted by Gasteiger charge is -2.49. The van der Waals surface area contributed by atoms with Crippen molar-refractivity contribution in [2.45, 2.75) is 116 Å². The molecule has 4 nitrogen and oxygen atoms in total. The summed E-state index contributed by atoms with van der Waals surface area (Å²) < 4.78 is 6.02. The van der Waals surface area contributed by atoms with Gasteiger partial charge in [-0.1, -0.05) is 58.9 Å². The van der Waals surface area contributed by atoms with Gasteiger partial charge in [0.05, 0.1) is 6.10 Å². The molecule has 3 aliphatic rings. The minimum Gasteiger partial charge on any atom is -0.848 e. The Morgan fingerprint density at radius 1 is 1.19 bits per heavy atom. The molecule has 204 valence electrons. The minimum atomic E-state index is -1.03. The van der Waals surface area contributed by atoms with E-state index >= 15 is 0 Å². The average molecular weight is 526 g/mol. The molecular weight excluding hydrogens is 478 g/mol. The lowest BCUT2D eigenvalue weighted by atomic mass is 9.81. The Balaban J connectivity index is 0.00000241. The first-order valence-electron chi connectivity index (χ1n) is 13.5. The van der Waals surface area contributed by atoms with Gasteiger partial charge in [0.15, 0.2) is 0 Å². The van der Waals surface area contributed by atoms with Crippen LogP contribution in [0.4, 0.5) is 5.69 Å². The Kier molecular flexibility index (Phi) is 11.2. The number of hydrogen-bond donors (Lipinski definition) is 0. The van der Waals surface area contributed by atoms with E-state index in [0.29, 0.717) is 19.4 Å². The lowest BCUT2D eigenvalue weighted by Crippen LogP contribution is -2.55. The highest BCUT2D eigenvalue weighted by atomic mass is 32.1. The number of hydrogen-bond acceptors (Lipinski definition) is 4. The molecule has 0 unspecified atom stereocenters. The fraction of sp³-hybridized carbons (Fsp3) is 0.656. The Bertz CT molecular complexity index is 962. The number of thiophene rings is 1. The Labute approximate surface area is 230 Å². The smallest absolute Gasteiger partial charge is 0.228 e. The number of nitrogens with zero attached hydrogens (tertiary/aromatic N) is 1. The van der Waals surface area contributed by atoms with Crippen LogP contribution >= 0.6 is 11.3 Å². The number of carbonyl (C=O) groups excluding carboxylic acids is 1. The van der Waals surface area contributed by atoms with E-state index in [-0.39, 0.29) is 44.2 Å². The van der Waals surface area contributed by atoms with Crippen LogP contribution in [0.5, 0.6) is 0 Å². The van der Waals surface area contributed by atoms with Crippen molar-refractivity contribution < 1.29 is 14.6 Å². The Hall–Kier alpha value is -1.87. The van der Waals surface area contributed by atoms with E-state index < -0.39 is 5.60 Å². The summed E-state index contributed by atoms with van der Waals surface area (Å²) in [5.41, 5.74) is 1.10. The predicted octanol–water partition coefficient (Wildman–Crippen LogP) is 6.93. The molecule has 37 heavy (non-hydrogen) atoms. The number of amides is 1. The number of allylic oxidation sites excluding steroid dienone is 2.